The van der Waals surface area contributed by atoms with Crippen LogP contribution in [-0.4, -0.2) is 5.75 Å². The number of halogens is 2. The van der Waals surface area contributed by atoms with Crippen LogP contribution in [-0.2, 0) is 6.42 Å². The summed E-state index contributed by atoms with van der Waals surface area (Å²) in [7, 11) is 0. The highest BCUT2D eigenvalue weighted by atomic mass is 32.2. The smallest absolute Gasteiger partial charge is 0.159 e. The molecule has 0 aromatic heterocycles. The summed E-state index contributed by atoms with van der Waals surface area (Å²) >= 11 is 1.77. The molecule has 2 N–H and O–H groups in total. The molecule has 0 aliphatic rings. The van der Waals surface area contributed by atoms with Crippen LogP contribution in [0.25, 0.3) is 0 Å². The molecule has 0 saturated carbocycles. The van der Waals surface area contributed by atoms with Crippen molar-refractivity contribution in [3.8, 4) is 0 Å². The highest BCUT2D eigenvalue weighted by Gasteiger charge is 2.09. The van der Waals surface area contributed by atoms with Gasteiger partial charge < -0.3 is 5.73 Å². The van der Waals surface area contributed by atoms with E-state index in [1.54, 1.807) is 17.8 Å². The first kappa shape index (κ1) is 15.0. The summed E-state index contributed by atoms with van der Waals surface area (Å²) in [5, 5.41) is 0. The zero-order chi connectivity index (χ0) is 14.5. The average Bonchev–Trinajstić information content (AvgIpc) is 2.44. The van der Waals surface area contributed by atoms with E-state index in [1.807, 2.05) is 24.3 Å². The van der Waals surface area contributed by atoms with Crippen molar-refractivity contribution in [2.45, 2.75) is 24.3 Å². The third-order valence-corrected chi connectivity index (χ3v) is 3.95. The van der Waals surface area contributed by atoms with E-state index in [1.165, 1.54) is 11.0 Å². The van der Waals surface area contributed by atoms with Gasteiger partial charge in [0.1, 0.15) is 0 Å². The van der Waals surface area contributed by atoms with Gasteiger partial charge in [0.25, 0.3) is 0 Å². The Bertz CT molecular complexity index is 569. The van der Waals surface area contributed by atoms with Gasteiger partial charge in [0.15, 0.2) is 11.6 Å². The Morgan fingerprint density at radius 2 is 1.75 bits per heavy atom. The maximum atomic E-state index is 13.2. The van der Waals surface area contributed by atoms with Crippen LogP contribution in [0.3, 0.4) is 0 Å². The number of hydrogen-bond donors (Lipinski definition) is 1. The maximum Gasteiger partial charge on any atom is 0.159 e. The Hall–Kier alpha value is -1.39. The van der Waals surface area contributed by atoms with Crippen molar-refractivity contribution in [3.63, 3.8) is 0 Å². The molecule has 1 atom stereocenters. The summed E-state index contributed by atoms with van der Waals surface area (Å²) in [6.07, 6.45) is 0.484. The Kier molecular flexibility index (Phi) is 5.15. The Morgan fingerprint density at radius 3 is 2.35 bits per heavy atom. The Morgan fingerprint density at radius 1 is 1.05 bits per heavy atom. The average molecular weight is 293 g/mol. The zero-order valence-corrected chi connectivity index (χ0v) is 12.1. The van der Waals surface area contributed by atoms with Gasteiger partial charge in [-0.1, -0.05) is 25.1 Å². The Labute approximate surface area is 122 Å². The van der Waals surface area contributed by atoms with Crippen molar-refractivity contribution in [2.75, 3.05) is 5.75 Å². The third-order valence-electron chi connectivity index (χ3n) is 3.06. The minimum Gasteiger partial charge on any atom is -0.324 e. The Balaban J connectivity index is 2.06. The molecule has 1 unspecified atom stereocenters. The van der Waals surface area contributed by atoms with E-state index in [-0.39, 0.29) is 6.04 Å². The third kappa shape index (κ3) is 3.81. The van der Waals surface area contributed by atoms with Crippen LogP contribution < -0.4 is 5.73 Å². The molecule has 2 aromatic carbocycles. The second kappa shape index (κ2) is 6.86. The van der Waals surface area contributed by atoms with Gasteiger partial charge in [-0.15, -0.1) is 11.8 Å². The molecule has 2 rings (SSSR count). The molecular formula is C16H17F2NS. The summed E-state index contributed by atoms with van der Waals surface area (Å²) in [4.78, 5) is 1.20. The van der Waals surface area contributed by atoms with Gasteiger partial charge in [-0.2, -0.15) is 0 Å². The normalized spacial score (nSPS) is 12.4. The first-order chi connectivity index (χ1) is 9.60. The van der Waals surface area contributed by atoms with Gasteiger partial charge in [-0.3, -0.25) is 0 Å². The molecule has 0 heterocycles. The molecule has 0 bridgehead atoms. The first-order valence-corrected chi connectivity index (χ1v) is 7.51. The minimum atomic E-state index is -0.830. The number of benzene rings is 2. The van der Waals surface area contributed by atoms with Crippen LogP contribution in [0.4, 0.5) is 8.78 Å². The summed E-state index contributed by atoms with van der Waals surface area (Å²) in [5.74, 6) is -0.632. The van der Waals surface area contributed by atoms with Gasteiger partial charge in [0.2, 0.25) is 0 Å². The molecular weight excluding hydrogens is 276 g/mol. The second-order valence-electron chi connectivity index (χ2n) is 4.56. The van der Waals surface area contributed by atoms with Gasteiger partial charge in [-0.05, 0) is 47.6 Å². The molecule has 4 heteroatoms. The predicted octanol–water partition coefficient (Wildman–Crippen LogP) is 4.32. The number of hydrogen-bond acceptors (Lipinski definition) is 2. The maximum absolute atomic E-state index is 13.2. The van der Waals surface area contributed by atoms with Gasteiger partial charge in [-0.25, -0.2) is 8.78 Å². The van der Waals surface area contributed by atoms with Crippen molar-refractivity contribution in [2.24, 2.45) is 5.73 Å². The monoisotopic (exact) mass is 293 g/mol. The predicted molar refractivity (Wildman–Crippen MR) is 79.8 cm³/mol. The van der Waals surface area contributed by atoms with Gasteiger partial charge in [0, 0.05) is 10.9 Å². The van der Waals surface area contributed by atoms with E-state index in [0.29, 0.717) is 12.0 Å². The molecule has 20 heavy (non-hydrogen) atoms. The van der Waals surface area contributed by atoms with E-state index >= 15 is 0 Å². The molecule has 106 valence electrons. The fourth-order valence-corrected chi connectivity index (χ4v) is 2.68. The molecule has 0 aliphatic carbocycles. The lowest BCUT2D eigenvalue weighted by atomic mass is 10.00. The van der Waals surface area contributed by atoms with Crippen LogP contribution in [0.15, 0.2) is 47.4 Å². The molecule has 1 nitrogen and oxygen atoms in total. The van der Waals surface area contributed by atoms with Crippen LogP contribution in [0, 0.1) is 11.6 Å². The van der Waals surface area contributed by atoms with E-state index in [4.69, 9.17) is 5.73 Å². The molecule has 0 fully saturated rings. The van der Waals surface area contributed by atoms with E-state index in [2.05, 4.69) is 6.92 Å². The molecule has 0 radical (unpaired) electrons. The fraction of sp³-hybridized carbons (Fsp3) is 0.250. The van der Waals surface area contributed by atoms with Crippen molar-refractivity contribution in [3.05, 3.63) is 65.2 Å². The second-order valence-corrected chi connectivity index (χ2v) is 5.90. The van der Waals surface area contributed by atoms with Crippen LogP contribution >= 0.6 is 11.8 Å². The summed E-state index contributed by atoms with van der Waals surface area (Å²) in [5.41, 5.74) is 7.81. The molecule has 0 aliphatic heterocycles. The van der Waals surface area contributed by atoms with Crippen LogP contribution in [0.2, 0.25) is 0 Å². The number of thioether (sulfide) groups is 1. The summed E-state index contributed by atoms with van der Waals surface area (Å²) < 4.78 is 26.0. The number of rotatable bonds is 5. The van der Waals surface area contributed by atoms with E-state index in [9.17, 15) is 8.78 Å². The summed E-state index contributed by atoms with van der Waals surface area (Å²) in [6, 6.07) is 11.7. The number of nitrogens with two attached hydrogens (primary N) is 1. The highest BCUT2D eigenvalue weighted by molar-refractivity contribution is 7.99. The van der Waals surface area contributed by atoms with Gasteiger partial charge >= 0.3 is 0 Å². The van der Waals surface area contributed by atoms with Crippen molar-refractivity contribution in [1.82, 2.24) is 0 Å². The van der Waals surface area contributed by atoms with E-state index < -0.39 is 11.6 Å². The topological polar surface area (TPSA) is 26.0 Å². The van der Waals surface area contributed by atoms with Crippen molar-refractivity contribution >= 4 is 11.8 Å². The molecule has 0 saturated heterocycles. The quantitative estimate of drug-likeness (QED) is 0.831. The minimum absolute atomic E-state index is 0.222. The van der Waals surface area contributed by atoms with Crippen LogP contribution in [0.1, 0.15) is 24.1 Å². The lowest BCUT2D eigenvalue weighted by Gasteiger charge is -2.13. The molecule has 2 aromatic rings. The van der Waals surface area contributed by atoms with Crippen molar-refractivity contribution in [1.29, 1.82) is 0 Å². The van der Waals surface area contributed by atoms with E-state index in [0.717, 1.165) is 17.4 Å². The SMILES string of the molecule is CCSc1ccc(C(N)Cc2ccc(F)c(F)c2)cc1. The summed E-state index contributed by atoms with van der Waals surface area (Å²) in [6.45, 7) is 2.10. The molecule has 0 amide bonds. The van der Waals surface area contributed by atoms with Crippen LogP contribution in [0.5, 0.6) is 0 Å². The van der Waals surface area contributed by atoms with Gasteiger partial charge in [0.05, 0.1) is 0 Å². The largest absolute Gasteiger partial charge is 0.324 e. The fourth-order valence-electron chi connectivity index (χ4n) is 2.02. The lowest BCUT2D eigenvalue weighted by Crippen LogP contribution is -2.13. The van der Waals surface area contributed by atoms with Crippen molar-refractivity contribution < 1.29 is 8.78 Å². The highest BCUT2D eigenvalue weighted by Crippen LogP contribution is 2.22. The first-order valence-electron chi connectivity index (χ1n) is 6.52. The zero-order valence-electron chi connectivity index (χ0n) is 11.3. The molecule has 0 spiro atoms. The standard InChI is InChI=1S/C16H17F2NS/c1-2-20-13-6-4-12(5-7-13)16(19)10-11-3-8-14(17)15(18)9-11/h3-9,16H,2,10,19H2,1H3. The lowest BCUT2D eigenvalue weighted by molar-refractivity contribution is 0.506.